The highest BCUT2D eigenvalue weighted by atomic mass is 16.5. The van der Waals surface area contributed by atoms with Crippen LogP contribution in [0.4, 0.5) is 0 Å². The molecule has 2 saturated heterocycles. The van der Waals surface area contributed by atoms with Crippen molar-refractivity contribution in [3.05, 3.63) is 59.2 Å². The molecule has 0 spiro atoms. The zero-order valence-corrected chi connectivity index (χ0v) is 20.2. The minimum Gasteiger partial charge on any atom is -0.508 e. The maximum absolute atomic E-state index is 13.0. The maximum Gasteiger partial charge on any atom is 0.255 e. The van der Waals surface area contributed by atoms with Crippen molar-refractivity contribution < 1.29 is 24.2 Å². The van der Waals surface area contributed by atoms with Crippen LogP contribution in [0.1, 0.15) is 65.9 Å². The highest BCUT2D eigenvalue weighted by molar-refractivity contribution is 6.05. The van der Waals surface area contributed by atoms with Crippen molar-refractivity contribution in [3.8, 4) is 11.5 Å². The smallest absolute Gasteiger partial charge is 0.255 e. The van der Waals surface area contributed by atoms with E-state index in [2.05, 4.69) is 10.2 Å². The number of phenolic OH excluding ortho intramolecular Hbond substituents is 1. The van der Waals surface area contributed by atoms with Crippen molar-refractivity contribution >= 4 is 17.7 Å². The molecule has 0 aromatic heterocycles. The molecule has 1 aliphatic carbocycles. The zero-order chi connectivity index (χ0) is 24.8. The number of likely N-dealkylation sites (tertiary alicyclic amines) is 1. The highest BCUT2D eigenvalue weighted by Crippen LogP contribution is 2.38. The molecule has 2 aromatic rings. The number of hydrogen-bond acceptors (Lipinski definition) is 6. The third kappa shape index (κ3) is 4.13. The van der Waals surface area contributed by atoms with Gasteiger partial charge in [-0.25, -0.2) is 0 Å². The topological polar surface area (TPSA) is 99.2 Å². The molecular weight excluding hydrogens is 458 g/mol. The normalized spacial score (nSPS) is 26.9. The van der Waals surface area contributed by atoms with E-state index >= 15 is 0 Å². The Balaban J connectivity index is 1.12. The number of nitrogens with one attached hydrogen (secondary N) is 1. The lowest BCUT2D eigenvalue weighted by Gasteiger charge is -2.48. The van der Waals surface area contributed by atoms with E-state index in [1.807, 2.05) is 30.3 Å². The van der Waals surface area contributed by atoms with E-state index in [-0.39, 0.29) is 24.3 Å². The summed E-state index contributed by atoms with van der Waals surface area (Å²) < 4.78 is 6.52. The fraction of sp³-hybridized carbons (Fsp3) is 0.464. The number of fused-ring (bicyclic) bond motifs is 1. The minimum absolute atomic E-state index is 0.0745. The van der Waals surface area contributed by atoms with E-state index in [0.717, 1.165) is 49.2 Å². The first-order chi connectivity index (χ1) is 17.5. The number of piperidine rings is 1. The van der Waals surface area contributed by atoms with E-state index in [0.29, 0.717) is 36.2 Å². The Labute approximate surface area is 210 Å². The Morgan fingerprint density at radius 3 is 2.58 bits per heavy atom. The lowest BCUT2D eigenvalue weighted by atomic mass is 9.84. The SMILES string of the molecule is O=C1CCC(N2Cc3cc(O[C@H]4CCCC[C@@H]4N4CC(c5ccccc5O)C4)ccc3C2=O)C(=O)N1. The Morgan fingerprint density at radius 1 is 0.972 bits per heavy atom. The number of rotatable bonds is 5. The van der Waals surface area contributed by atoms with Crippen LogP contribution in [0.2, 0.25) is 0 Å². The second kappa shape index (κ2) is 9.24. The van der Waals surface area contributed by atoms with Gasteiger partial charge in [-0.05, 0) is 61.1 Å². The fourth-order valence-corrected chi connectivity index (χ4v) is 6.24. The summed E-state index contributed by atoms with van der Waals surface area (Å²) in [5, 5.41) is 12.6. The van der Waals surface area contributed by atoms with Gasteiger partial charge in [-0.1, -0.05) is 24.6 Å². The number of amides is 3. The van der Waals surface area contributed by atoms with Gasteiger partial charge < -0.3 is 14.7 Å². The van der Waals surface area contributed by atoms with Crippen LogP contribution in [0.3, 0.4) is 0 Å². The number of nitrogens with zero attached hydrogens (tertiary/aromatic N) is 2. The van der Waals surface area contributed by atoms with Crippen molar-refractivity contribution in [1.82, 2.24) is 15.1 Å². The molecule has 0 bridgehead atoms. The fourth-order valence-electron chi connectivity index (χ4n) is 6.24. The number of benzene rings is 2. The van der Waals surface area contributed by atoms with Crippen LogP contribution in [0.5, 0.6) is 11.5 Å². The average Bonchev–Trinajstić information content (AvgIpc) is 3.16. The molecule has 36 heavy (non-hydrogen) atoms. The third-order valence-corrected chi connectivity index (χ3v) is 8.21. The molecule has 188 valence electrons. The van der Waals surface area contributed by atoms with E-state index in [1.54, 1.807) is 17.0 Å². The molecular formula is C28H31N3O5. The predicted octanol–water partition coefficient (Wildman–Crippen LogP) is 2.94. The molecule has 3 amide bonds. The molecule has 3 heterocycles. The number of carbonyl (C=O) groups excluding carboxylic acids is 3. The summed E-state index contributed by atoms with van der Waals surface area (Å²) in [6, 6.07) is 12.9. The number of aromatic hydroxyl groups is 1. The van der Waals surface area contributed by atoms with Gasteiger partial charge >= 0.3 is 0 Å². The summed E-state index contributed by atoms with van der Waals surface area (Å²) in [6.45, 7) is 2.18. The summed E-state index contributed by atoms with van der Waals surface area (Å²) in [5.74, 6) is 0.618. The first kappa shape index (κ1) is 23.0. The summed E-state index contributed by atoms with van der Waals surface area (Å²) >= 11 is 0. The van der Waals surface area contributed by atoms with Gasteiger partial charge in [0.2, 0.25) is 11.8 Å². The second-order valence-electron chi connectivity index (χ2n) is 10.4. The molecule has 3 fully saturated rings. The maximum atomic E-state index is 13.0. The molecule has 1 unspecified atom stereocenters. The van der Waals surface area contributed by atoms with Gasteiger partial charge in [0, 0.05) is 43.6 Å². The summed E-state index contributed by atoms with van der Waals surface area (Å²) in [7, 11) is 0. The number of para-hydroxylation sites is 1. The van der Waals surface area contributed by atoms with Gasteiger partial charge in [-0.2, -0.15) is 0 Å². The lowest BCUT2D eigenvalue weighted by molar-refractivity contribution is -0.136. The van der Waals surface area contributed by atoms with Gasteiger partial charge in [0.05, 0.1) is 0 Å². The molecule has 8 heteroatoms. The molecule has 0 radical (unpaired) electrons. The Bertz CT molecular complexity index is 1210. The summed E-state index contributed by atoms with van der Waals surface area (Å²) in [5.41, 5.74) is 2.48. The first-order valence-corrected chi connectivity index (χ1v) is 12.9. The molecule has 2 aromatic carbocycles. The van der Waals surface area contributed by atoms with Crippen LogP contribution in [0.25, 0.3) is 0 Å². The summed E-state index contributed by atoms with van der Waals surface area (Å²) in [6.07, 6.45) is 5.06. The van der Waals surface area contributed by atoms with Crippen molar-refractivity contribution in [3.63, 3.8) is 0 Å². The number of hydrogen-bond donors (Lipinski definition) is 2. The minimum atomic E-state index is -0.613. The molecule has 1 saturated carbocycles. The standard InChI is InChI=1S/C28H31N3O5/c32-24-7-3-1-5-20(24)18-14-30(15-18)22-6-2-4-8-25(22)36-19-9-10-21-17(13-19)16-31(28(21)35)23-11-12-26(33)29-27(23)34/h1,3,5,7,9-10,13,18,22-23,25,32H,2,4,6,8,11-12,14-16H2,(H,29,33,34)/t22-,23?,25-/m0/s1. The van der Waals surface area contributed by atoms with E-state index < -0.39 is 11.9 Å². The number of imide groups is 1. The van der Waals surface area contributed by atoms with Crippen LogP contribution >= 0.6 is 0 Å². The van der Waals surface area contributed by atoms with Crippen molar-refractivity contribution in [2.24, 2.45) is 0 Å². The van der Waals surface area contributed by atoms with Gasteiger partial charge in [-0.15, -0.1) is 0 Å². The van der Waals surface area contributed by atoms with Gasteiger partial charge in [0.25, 0.3) is 5.91 Å². The van der Waals surface area contributed by atoms with Crippen molar-refractivity contribution in [2.45, 2.75) is 69.2 Å². The van der Waals surface area contributed by atoms with Crippen molar-refractivity contribution in [2.75, 3.05) is 13.1 Å². The largest absolute Gasteiger partial charge is 0.508 e. The van der Waals surface area contributed by atoms with Crippen LogP contribution < -0.4 is 10.1 Å². The molecule has 6 rings (SSSR count). The Morgan fingerprint density at radius 2 is 1.78 bits per heavy atom. The molecule has 8 nitrogen and oxygen atoms in total. The van der Waals surface area contributed by atoms with Crippen LogP contribution in [-0.4, -0.2) is 63.9 Å². The average molecular weight is 490 g/mol. The molecule has 4 aliphatic rings. The summed E-state index contributed by atoms with van der Waals surface area (Å²) in [4.78, 5) is 40.8. The lowest BCUT2D eigenvalue weighted by Crippen LogP contribution is -2.57. The Kier molecular flexibility index (Phi) is 5.91. The van der Waals surface area contributed by atoms with E-state index in [1.165, 1.54) is 6.42 Å². The molecule has 2 N–H and O–H groups in total. The number of carbonyl (C=O) groups is 3. The molecule has 3 aliphatic heterocycles. The van der Waals surface area contributed by atoms with E-state index in [4.69, 9.17) is 4.74 Å². The monoisotopic (exact) mass is 489 g/mol. The van der Waals surface area contributed by atoms with Gasteiger partial charge in [0.15, 0.2) is 0 Å². The predicted molar refractivity (Wildman–Crippen MR) is 132 cm³/mol. The van der Waals surface area contributed by atoms with Crippen LogP contribution in [0, 0.1) is 0 Å². The Hall–Kier alpha value is -3.39. The first-order valence-electron chi connectivity index (χ1n) is 12.9. The van der Waals surface area contributed by atoms with Gasteiger partial charge in [0.1, 0.15) is 23.6 Å². The number of ether oxygens (including phenoxy) is 1. The third-order valence-electron chi connectivity index (χ3n) is 8.21. The second-order valence-corrected chi connectivity index (χ2v) is 10.4. The van der Waals surface area contributed by atoms with Crippen molar-refractivity contribution in [1.29, 1.82) is 0 Å². The highest BCUT2D eigenvalue weighted by Gasteiger charge is 2.41. The molecule has 3 atom stereocenters. The zero-order valence-electron chi connectivity index (χ0n) is 20.2. The number of phenols is 1. The van der Waals surface area contributed by atoms with Crippen LogP contribution in [-0.2, 0) is 16.1 Å². The van der Waals surface area contributed by atoms with Gasteiger partial charge in [-0.3, -0.25) is 24.6 Å². The van der Waals surface area contributed by atoms with Crippen LogP contribution in [0.15, 0.2) is 42.5 Å². The van der Waals surface area contributed by atoms with E-state index in [9.17, 15) is 19.5 Å². The quantitative estimate of drug-likeness (QED) is 0.627.